The number of rotatable bonds is 3. The van der Waals surface area contributed by atoms with Crippen molar-refractivity contribution in [1.29, 1.82) is 0 Å². The number of anilines is 1. The number of hydrogen-bond acceptors (Lipinski definition) is 4. The average molecular weight is 327 g/mol. The molecule has 0 radical (unpaired) electrons. The van der Waals surface area contributed by atoms with Crippen LogP contribution in [0.25, 0.3) is 11.0 Å². The predicted octanol–water partition coefficient (Wildman–Crippen LogP) is 3.50. The molecule has 0 saturated carbocycles. The Hall–Kier alpha value is -3.15. The molecule has 0 aliphatic carbocycles. The summed E-state index contributed by atoms with van der Waals surface area (Å²) in [6.07, 6.45) is 0. The fourth-order valence-electron chi connectivity index (χ4n) is 2.33. The summed E-state index contributed by atoms with van der Waals surface area (Å²) in [4.78, 5) is 24.2. The number of benzene rings is 2. The first-order valence-electron chi connectivity index (χ1n) is 7.17. The van der Waals surface area contributed by atoms with Crippen molar-refractivity contribution in [3.63, 3.8) is 0 Å². The third-order valence-corrected chi connectivity index (χ3v) is 3.63. The zero-order valence-electron chi connectivity index (χ0n) is 13.1. The first kappa shape index (κ1) is 15.7. The largest absolute Gasteiger partial charge is 0.497 e. The van der Waals surface area contributed by atoms with E-state index in [1.165, 1.54) is 19.2 Å². The number of ether oxygens (including phenoxy) is 1. The third kappa shape index (κ3) is 2.99. The molecular weight excluding hydrogens is 313 g/mol. The standard InChI is InChI=1S/C18H14FNO4/c1-10-3-4-11(7-15(10)19)20-18(22)14-9-17(21)24-16-8-12(23-2)5-6-13(14)16/h3-9H,1-2H3,(H,20,22). The minimum Gasteiger partial charge on any atom is -0.497 e. The fraction of sp³-hybridized carbons (Fsp3) is 0.111. The molecule has 0 saturated heterocycles. The number of fused-ring (bicyclic) bond motifs is 1. The van der Waals surface area contributed by atoms with Crippen LogP contribution in [-0.2, 0) is 0 Å². The van der Waals surface area contributed by atoms with Crippen LogP contribution in [0.15, 0.2) is 51.7 Å². The number of hydrogen-bond donors (Lipinski definition) is 1. The van der Waals surface area contributed by atoms with Gasteiger partial charge in [0.05, 0.1) is 12.7 Å². The number of carbonyl (C=O) groups excluding carboxylic acids is 1. The van der Waals surface area contributed by atoms with E-state index in [2.05, 4.69) is 5.32 Å². The second kappa shape index (κ2) is 6.16. The summed E-state index contributed by atoms with van der Waals surface area (Å²) in [5, 5.41) is 3.04. The van der Waals surface area contributed by atoms with E-state index in [1.807, 2.05) is 0 Å². The van der Waals surface area contributed by atoms with Gasteiger partial charge in [0.15, 0.2) is 0 Å². The van der Waals surface area contributed by atoms with Crippen molar-refractivity contribution in [2.75, 3.05) is 12.4 Å². The molecule has 0 bridgehead atoms. The highest BCUT2D eigenvalue weighted by molar-refractivity contribution is 6.12. The Balaban J connectivity index is 2.02. The lowest BCUT2D eigenvalue weighted by atomic mass is 10.1. The lowest BCUT2D eigenvalue weighted by Crippen LogP contribution is -2.15. The fourth-order valence-corrected chi connectivity index (χ4v) is 2.33. The van der Waals surface area contributed by atoms with Crippen molar-refractivity contribution < 1.29 is 18.3 Å². The van der Waals surface area contributed by atoms with E-state index in [4.69, 9.17) is 9.15 Å². The van der Waals surface area contributed by atoms with Gasteiger partial charge in [-0.25, -0.2) is 9.18 Å². The van der Waals surface area contributed by atoms with E-state index in [1.54, 1.807) is 31.2 Å². The van der Waals surface area contributed by atoms with Crippen molar-refractivity contribution in [2.24, 2.45) is 0 Å². The zero-order valence-corrected chi connectivity index (χ0v) is 13.1. The van der Waals surface area contributed by atoms with Crippen LogP contribution in [0.3, 0.4) is 0 Å². The molecule has 0 aliphatic heterocycles. The normalized spacial score (nSPS) is 10.6. The van der Waals surface area contributed by atoms with Crippen LogP contribution in [0.5, 0.6) is 5.75 Å². The Morgan fingerprint density at radius 2 is 1.96 bits per heavy atom. The van der Waals surface area contributed by atoms with Gasteiger partial charge in [-0.15, -0.1) is 0 Å². The number of nitrogens with one attached hydrogen (secondary N) is 1. The Kier molecular flexibility index (Phi) is 4.04. The molecule has 0 atom stereocenters. The summed E-state index contributed by atoms with van der Waals surface area (Å²) in [5.41, 5.74) is 0.506. The number of aryl methyl sites for hydroxylation is 1. The molecule has 0 spiro atoms. The van der Waals surface area contributed by atoms with Crippen molar-refractivity contribution in [1.82, 2.24) is 0 Å². The second-order valence-corrected chi connectivity index (χ2v) is 5.26. The lowest BCUT2D eigenvalue weighted by molar-refractivity contribution is 0.102. The van der Waals surface area contributed by atoms with Gasteiger partial charge in [0, 0.05) is 23.2 Å². The second-order valence-electron chi connectivity index (χ2n) is 5.26. The van der Waals surface area contributed by atoms with Crippen molar-refractivity contribution >= 4 is 22.6 Å². The van der Waals surface area contributed by atoms with Gasteiger partial charge in [-0.2, -0.15) is 0 Å². The summed E-state index contributed by atoms with van der Waals surface area (Å²) in [6, 6.07) is 10.3. The van der Waals surface area contributed by atoms with E-state index in [0.29, 0.717) is 22.4 Å². The van der Waals surface area contributed by atoms with Crippen LogP contribution < -0.4 is 15.7 Å². The molecule has 0 aliphatic rings. The number of carbonyl (C=O) groups is 1. The maximum atomic E-state index is 13.6. The molecule has 0 unspecified atom stereocenters. The quantitative estimate of drug-likeness (QED) is 0.748. The van der Waals surface area contributed by atoms with Crippen molar-refractivity contribution in [2.45, 2.75) is 6.92 Å². The summed E-state index contributed by atoms with van der Waals surface area (Å²) >= 11 is 0. The molecule has 1 amide bonds. The minimum atomic E-state index is -0.656. The van der Waals surface area contributed by atoms with E-state index in [0.717, 1.165) is 6.07 Å². The summed E-state index contributed by atoms with van der Waals surface area (Å²) in [5.74, 6) is -0.444. The van der Waals surface area contributed by atoms with Gasteiger partial charge < -0.3 is 14.5 Å². The Morgan fingerprint density at radius 1 is 1.17 bits per heavy atom. The minimum absolute atomic E-state index is 0.143. The molecule has 3 rings (SSSR count). The molecule has 0 fully saturated rings. The van der Waals surface area contributed by atoms with Crippen LogP contribution in [0.2, 0.25) is 0 Å². The third-order valence-electron chi connectivity index (χ3n) is 3.63. The lowest BCUT2D eigenvalue weighted by Gasteiger charge is -2.09. The molecule has 3 aromatic rings. The first-order valence-corrected chi connectivity index (χ1v) is 7.17. The maximum absolute atomic E-state index is 13.6. The van der Waals surface area contributed by atoms with Gasteiger partial charge in [-0.3, -0.25) is 4.79 Å². The smallest absolute Gasteiger partial charge is 0.337 e. The number of halogens is 1. The molecule has 1 aromatic heterocycles. The van der Waals surface area contributed by atoms with Gasteiger partial charge in [-0.05, 0) is 36.8 Å². The predicted molar refractivity (Wildman–Crippen MR) is 88.1 cm³/mol. The maximum Gasteiger partial charge on any atom is 0.337 e. The van der Waals surface area contributed by atoms with Gasteiger partial charge >= 0.3 is 5.63 Å². The van der Waals surface area contributed by atoms with E-state index in [9.17, 15) is 14.0 Å². The van der Waals surface area contributed by atoms with Gasteiger partial charge in [0.2, 0.25) is 0 Å². The summed E-state index contributed by atoms with van der Waals surface area (Å²) < 4.78 is 23.8. The molecule has 2 aromatic carbocycles. The van der Waals surface area contributed by atoms with Gasteiger partial charge in [0.1, 0.15) is 17.1 Å². The molecule has 6 heteroatoms. The molecule has 1 N–H and O–H groups in total. The highest BCUT2D eigenvalue weighted by atomic mass is 19.1. The van der Waals surface area contributed by atoms with Crippen LogP contribution in [-0.4, -0.2) is 13.0 Å². The van der Waals surface area contributed by atoms with Crippen LogP contribution >= 0.6 is 0 Å². The Bertz CT molecular complexity index is 994. The highest BCUT2D eigenvalue weighted by Crippen LogP contribution is 2.23. The molecular formula is C18H14FNO4. The molecule has 5 nitrogen and oxygen atoms in total. The summed E-state index contributed by atoms with van der Waals surface area (Å²) in [7, 11) is 1.49. The molecule has 122 valence electrons. The van der Waals surface area contributed by atoms with Crippen LogP contribution in [0.4, 0.5) is 10.1 Å². The highest BCUT2D eigenvalue weighted by Gasteiger charge is 2.14. The van der Waals surface area contributed by atoms with Gasteiger partial charge in [-0.1, -0.05) is 6.07 Å². The monoisotopic (exact) mass is 327 g/mol. The van der Waals surface area contributed by atoms with E-state index < -0.39 is 17.3 Å². The zero-order chi connectivity index (χ0) is 17.3. The van der Waals surface area contributed by atoms with Gasteiger partial charge in [0.25, 0.3) is 5.91 Å². The van der Waals surface area contributed by atoms with Crippen molar-refractivity contribution in [3.05, 3.63) is 69.8 Å². The SMILES string of the molecule is COc1ccc2c(C(=O)Nc3ccc(C)c(F)c3)cc(=O)oc2c1. The number of methoxy groups -OCH3 is 1. The average Bonchev–Trinajstić information content (AvgIpc) is 2.56. The summed E-state index contributed by atoms with van der Waals surface area (Å²) in [6.45, 7) is 1.63. The van der Waals surface area contributed by atoms with Crippen LogP contribution in [0, 0.1) is 12.7 Å². The number of amides is 1. The topological polar surface area (TPSA) is 68.5 Å². The first-order chi connectivity index (χ1) is 11.5. The van der Waals surface area contributed by atoms with E-state index >= 15 is 0 Å². The molecule has 24 heavy (non-hydrogen) atoms. The Morgan fingerprint density at radius 3 is 2.67 bits per heavy atom. The molecule has 1 heterocycles. The van der Waals surface area contributed by atoms with Crippen LogP contribution in [0.1, 0.15) is 15.9 Å². The Labute approximate surface area is 136 Å². The van der Waals surface area contributed by atoms with Crippen molar-refractivity contribution in [3.8, 4) is 5.75 Å². The van der Waals surface area contributed by atoms with E-state index in [-0.39, 0.29) is 11.1 Å².